The van der Waals surface area contributed by atoms with Gasteiger partial charge in [-0.15, -0.1) is 0 Å². The first-order valence-electron chi connectivity index (χ1n) is 8.02. The highest BCUT2D eigenvalue weighted by Crippen LogP contribution is 2.21. The van der Waals surface area contributed by atoms with Gasteiger partial charge in [0, 0.05) is 17.8 Å². The van der Waals surface area contributed by atoms with E-state index in [1.54, 1.807) is 37.3 Å². The van der Waals surface area contributed by atoms with Crippen LogP contribution in [0.3, 0.4) is 0 Å². The number of nitrogens with one attached hydrogen (secondary N) is 2. The molecule has 2 rings (SSSR count). The Morgan fingerprint density at radius 3 is 2.60 bits per heavy atom. The Labute approximate surface area is 148 Å². The second-order valence-electron chi connectivity index (χ2n) is 5.85. The van der Waals surface area contributed by atoms with Crippen molar-refractivity contribution >= 4 is 21.6 Å². The van der Waals surface area contributed by atoms with Crippen LogP contribution in [0.2, 0.25) is 0 Å². The number of amides is 1. The van der Waals surface area contributed by atoms with E-state index in [1.807, 2.05) is 13.0 Å². The summed E-state index contributed by atoms with van der Waals surface area (Å²) in [6, 6.07) is 11.7. The van der Waals surface area contributed by atoms with Gasteiger partial charge >= 0.3 is 0 Å². The minimum atomic E-state index is -3.73. The predicted molar refractivity (Wildman–Crippen MR) is 99.2 cm³/mol. The zero-order chi connectivity index (χ0) is 18.4. The molecule has 7 heteroatoms. The van der Waals surface area contributed by atoms with Crippen LogP contribution < -0.4 is 15.8 Å². The van der Waals surface area contributed by atoms with Crippen LogP contribution in [-0.2, 0) is 10.0 Å². The van der Waals surface area contributed by atoms with Crippen LogP contribution in [0.5, 0.6) is 0 Å². The van der Waals surface area contributed by atoms with Gasteiger partial charge in [-0.25, -0.2) is 8.42 Å². The molecule has 0 spiro atoms. The van der Waals surface area contributed by atoms with Gasteiger partial charge in [-0.1, -0.05) is 18.2 Å². The molecule has 0 aliphatic carbocycles. The van der Waals surface area contributed by atoms with Gasteiger partial charge in [0.1, 0.15) is 0 Å². The van der Waals surface area contributed by atoms with E-state index in [0.717, 1.165) is 5.56 Å². The van der Waals surface area contributed by atoms with E-state index in [2.05, 4.69) is 10.0 Å². The van der Waals surface area contributed by atoms with Gasteiger partial charge in [-0.3, -0.25) is 9.52 Å². The molecular formula is C18H23N3O3S. The van der Waals surface area contributed by atoms with Crippen molar-refractivity contribution in [2.24, 2.45) is 5.73 Å². The molecule has 0 aliphatic heterocycles. The Morgan fingerprint density at radius 1 is 1.12 bits per heavy atom. The summed E-state index contributed by atoms with van der Waals surface area (Å²) in [6.07, 6.45) is 0.685. The van der Waals surface area contributed by atoms with Crippen molar-refractivity contribution in [2.45, 2.75) is 25.2 Å². The minimum Gasteiger partial charge on any atom is -0.352 e. The number of anilines is 1. The van der Waals surface area contributed by atoms with E-state index in [1.165, 1.54) is 6.07 Å². The van der Waals surface area contributed by atoms with Gasteiger partial charge in [0.2, 0.25) is 0 Å². The smallest absolute Gasteiger partial charge is 0.262 e. The first-order valence-corrected chi connectivity index (χ1v) is 9.50. The molecule has 4 N–H and O–H groups in total. The van der Waals surface area contributed by atoms with Crippen LogP contribution in [0.4, 0.5) is 5.69 Å². The summed E-state index contributed by atoms with van der Waals surface area (Å²) in [7, 11) is -3.73. The van der Waals surface area contributed by atoms with Crippen LogP contribution in [0, 0.1) is 13.8 Å². The van der Waals surface area contributed by atoms with Crippen LogP contribution in [-0.4, -0.2) is 27.4 Å². The lowest BCUT2D eigenvalue weighted by Crippen LogP contribution is -2.26. The zero-order valence-electron chi connectivity index (χ0n) is 14.4. The quantitative estimate of drug-likeness (QED) is 0.658. The molecule has 1 amide bonds. The van der Waals surface area contributed by atoms with Gasteiger partial charge < -0.3 is 11.1 Å². The molecule has 0 radical (unpaired) electrons. The van der Waals surface area contributed by atoms with Crippen molar-refractivity contribution < 1.29 is 13.2 Å². The van der Waals surface area contributed by atoms with Crippen molar-refractivity contribution in [3.8, 4) is 0 Å². The number of carbonyl (C=O) groups is 1. The SMILES string of the molecule is Cc1ccc(C)c(S(=O)(=O)Nc2cccc(C(=O)NCCCN)c2)c1. The Hall–Kier alpha value is -2.38. The average Bonchev–Trinajstić information content (AvgIpc) is 2.57. The number of nitrogens with two attached hydrogens (primary N) is 1. The predicted octanol–water partition coefficient (Wildman–Crippen LogP) is 2.18. The van der Waals surface area contributed by atoms with Crippen molar-refractivity contribution in [1.82, 2.24) is 5.32 Å². The Kier molecular flexibility index (Phi) is 6.17. The average molecular weight is 361 g/mol. The van der Waals surface area contributed by atoms with E-state index in [4.69, 9.17) is 5.73 Å². The lowest BCUT2D eigenvalue weighted by Gasteiger charge is -2.12. The molecule has 0 aromatic heterocycles. The van der Waals surface area contributed by atoms with Crippen molar-refractivity contribution in [1.29, 1.82) is 0 Å². The third kappa shape index (κ3) is 5.04. The van der Waals surface area contributed by atoms with Crippen LogP contribution in [0.25, 0.3) is 0 Å². The number of rotatable bonds is 7. The van der Waals surface area contributed by atoms with Gasteiger partial charge in [-0.2, -0.15) is 0 Å². The van der Waals surface area contributed by atoms with E-state index in [-0.39, 0.29) is 10.8 Å². The highest BCUT2D eigenvalue weighted by molar-refractivity contribution is 7.92. The molecule has 0 bridgehead atoms. The van der Waals surface area contributed by atoms with Crippen LogP contribution >= 0.6 is 0 Å². The summed E-state index contributed by atoms with van der Waals surface area (Å²) in [5, 5.41) is 2.74. The lowest BCUT2D eigenvalue weighted by molar-refractivity contribution is 0.0953. The lowest BCUT2D eigenvalue weighted by atomic mass is 10.2. The maximum absolute atomic E-state index is 12.6. The maximum atomic E-state index is 12.6. The second-order valence-corrected chi connectivity index (χ2v) is 7.50. The number of hydrogen-bond donors (Lipinski definition) is 3. The van der Waals surface area contributed by atoms with E-state index >= 15 is 0 Å². The number of hydrogen-bond acceptors (Lipinski definition) is 4. The maximum Gasteiger partial charge on any atom is 0.262 e. The topological polar surface area (TPSA) is 101 Å². The van der Waals surface area contributed by atoms with Gasteiger partial charge in [0.15, 0.2) is 0 Å². The van der Waals surface area contributed by atoms with Crippen LogP contribution in [0.1, 0.15) is 27.9 Å². The summed E-state index contributed by atoms with van der Waals surface area (Å²) in [5.41, 5.74) is 7.65. The molecule has 0 heterocycles. The second kappa shape index (κ2) is 8.13. The summed E-state index contributed by atoms with van der Waals surface area (Å²) >= 11 is 0. The normalized spacial score (nSPS) is 11.2. The molecule has 2 aromatic carbocycles. The summed E-state index contributed by atoms with van der Waals surface area (Å²) in [6.45, 7) is 4.56. The molecule has 134 valence electrons. The van der Waals surface area contributed by atoms with Gasteiger partial charge in [0.25, 0.3) is 15.9 Å². The summed E-state index contributed by atoms with van der Waals surface area (Å²) in [5.74, 6) is -0.263. The number of aryl methyl sites for hydroxylation is 2. The minimum absolute atomic E-state index is 0.227. The van der Waals surface area contributed by atoms with Gasteiger partial charge in [-0.05, 0) is 62.2 Å². The highest BCUT2D eigenvalue weighted by Gasteiger charge is 2.17. The summed E-state index contributed by atoms with van der Waals surface area (Å²) in [4.78, 5) is 12.3. The molecule has 0 fully saturated rings. The standard InChI is InChI=1S/C18H23N3O3S/c1-13-7-8-14(2)17(11-13)25(23,24)21-16-6-3-5-15(12-16)18(22)20-10-4-9-19/h3,5-8,11-12,21H,4,9-10,19H2,1-2H3,(H,20,22). The molecule has 25 heavy (non-hydrogen) atoms. The molecule has 0 saturated heterocycles. The highest BCUT2D eigenvalue weighted by atomic mass is 32.2. The zero-order valence-corrected chi connectivity index (χ0v) is 15.2. The molecule has 2 aromatic rings. The Balaban J connectivity index is 2.21. The van der Waals surface area contributed by atoms with Gasteiger partial charge in [0.05, 0.1) is 4.90 Å². The first-order chi connectivity index (χ1) is 11.8. The fourth-order valence-electron chi connectivity index (χ4n) is 2.34. The van der Waals surface area contributed by atoms with Crippen molar-refractivity contribution in [3.05, 3.63) is 59.2 Å². The van der Waals surface area contributed by atoms with Crippen molar-refractivity contribution in [2.75, 3.05) is 17.8 Å². The number of carbonyl (C=O) groups excluding carboxylic acids is 1. The molecule has 6 nitrogen and oxygen atoms in total. The molecule has 0 saturated carbocycles. The van der Waals surface area contributed by atoms with Crippen molar-refractivity contribution in [3.63, 3.8) is 0 Å². The first kappa shape index (κ1) is 19.0. The third-order valence-electron chi connectivity index (χ3n) is 3.68. The molecule has 0 aliphatic rings. The molecule has 0 atom stereocenters. The van der Waals surface area contributed by atoms with E-state index in [0.29, 0.717) is 36.3 Å². The number of benzene rings is 2. The molecule has 0 unspecified atom stereocenters. The Bertz CT molecular complexity index is 864. The fourth-order valence-corrected chi connectivity index (χ4v) is 3.72. The van der Waals surface area contributed by atoms with Crippen LogP contribution in [0.15, 0.2) is 47.4 Å². The fraction of sp³-hybridized carbons (Fsp3) is 0.278. The monoisotopic (exact) mass is 361 g/mol. The van der Waals surface area contributed by atoms with E-state index in [9.17, 15) is 13.2 Å². The Morgan fingerprint density at radius 2 is 1.88 bits per heavy atom. The number of sulfonamides is 1. The molecular weight excluding hydrogens is 338 g/mol. The van der Waals surface area contributed by atoms with E-state index < -0.39 is 10.0 Å². The summed E-state index contributed by atoms with van der Waals surface area (Å²) < 4.78 is 27.8. The largest absolute Gasteiger partial charge is 0.352 e. The third-order valence-corrected chi connectivity index (χ3v) is 5.20.